The summed E-state index contributed by atoms with van der Waals surface area (Å²) >= 11 is 2.23. The maximum atomic E-state index is 13.7. The van der Waals surface area contributed by atoms with E-state index < -0.39 is 6.04 Å². The van der Waals surface area contributed by atoms with Gasteiger partial charge >= 0.3 is 0 Å². The molecule has 1 N–H and O–H groups in total. The van der Waals surface area contributed by atoms with Gasteiger partial charge in [0, 0.05) is 22.6 Å². The van der Waals surface area contributed by atoms with E-state index in [1.807, 2.05) is 85.8 Å². The molecule has 0 unspecified atom stereocenters. The van der Waals surface area contributed by atoms with Crippen molar-refractivity contribution in [3.05, 3.63) is 99.1 Å². The zero-order chi connectivity index (χ0) is 25.3. The second kappa shape index (κ2) is 12.9. The molecule has 1 atom stereocenters. The van der Waals surface area contributed by atoms with Crippen LogP contribution < -0.4 is 10.1 Å². The van der Waals surface area contributed by atoms with Crippen LogP contribution in [-0.2, 0) is 22.6 Å². The molecule has 1 aliphatic carbocycles. The number of nitrogens with zero attached hydrogens (tertiary/aromatic N) is 1. The van der Waals surface area contributed by atoms with Gasteiger partial charge in [0.2, 0.25) is 5.91 Å². The van der Waals surface area contributed by atoms with E-state index in [0.717, 1.165) is 45.9 Å². The third-order valence-corrected chi connectivity index (χ3v) is 7.34. The number of hydrogen-bond donors (Lipinski definition) is 1. The number of rotatable bonds is 10. The smallest absolute Gasteiger partial charge is 0.261 e. The van der Waals surface area contributed by atoms with E-state index in [1.165, 1.54) is 0 Å². The van der Waals surface area contributed by atoms with Gasteiger partial charge in [0.25, 0.3) is 5.91 Å². The van der Waals surface area contributed by atoms with E-state index in [4.69, 9.17) is 4.74 Å². The molecular weight excluding hydrogens is 563 g/mol. The summed E-state index contributed by atoms with van der Waals surface area (Å²) in [5, 5.41) is 3.23. The third kappa shape index (κ3) is 7.56. The monoisotopic (exact) mass is 596 g/mol. The molecule has 6 heteroatoms. The minimum Gasteiger partial charge on any atom is -0.484 e. The van der Waals surface area contributed by atoms with Gasteiger partial charge in [-0.3, -0.25) is 9.59 Å². The SMILES string of the molecule is Cc1ccc(CN(C(=O)COc2ccc(I)cc2)[C@H](Cc2ccccc2)C(=O)NC2CCCC2)cc1. The first-order valence-electron chi connectivity index (χ1n) is 12.6. The third-order valence-electron chi connectivity index (χ3n) is 6.62. The number of nitrogens with one attached hydrogen (secondary N) is 1. The van der Waals surface area contributed by atoms with Crippen molar-refractivity contribution in [2.45, 2.75) is 57.7 Å². The Hall–Kier alpha value is -2.87. The van der Waals surface area contributed by atoms with Crippen molar-refractivity contribution in [2.75, 3.05) is 6.61 Å². The van der Waals surface area contributed by atoms with E-state index in [2.05, 4.69) is 27.9 Å². The maximum Gasteiger partial charge on any atom is 0.261 e. The van der Waals surface area contributed by atoms with Crippen LogP contribution in [0.2, 0.25) is 0 Å². The quantitative estimate of drug-likeness (QED) is 0.307. The van der Waals surface area contributed by atoms with Crippen LogP contribution in [0.5, 0.6) is 5.75 Å². The second-order valence-corrected chi connectivity index (χ2v) is 10.7. The Kier molecular flexibility index (Phi) is 9.39. The molecule has 0 heterocycles. The number of aryl methyl sites for hydroxylation is 1. The van der Waals surface area contributed by atoms with Crippen molar-refractivity contribution in [3.8, 4) is 5.75 Å². The number of halogens is 1. The Bertz CT molecular complexity index is 1130. The number of benzene rings is 3. The lowest BCUT2D eigenvalue weighted by Crippen LogP contribution is -2.53. The van der Waals surface area contributed by atoms with Crippen molar-refractivity contribution >= 4 is 34.4 Å². The van der Waals surface area contributed by atoms with E-state index in [1.54, 1.807) is 4.90 Å². The molecule has 0 spiro atoms. The van der Waals surface area contributed by atoms with Crippen molar-refractivity contribution in [1.82, 2.24) is 10.2 Å². The van der Waals surface area contributed by atoms with Crippen LogP contribution in [-0.4, -0.2) is 35.4 Å². The zero-order valence-corrected chi connectivity index (χ0v) is 22.8. The van der Waals surface area contributed by atoms with Gasteiger partial charge in [-0.05, 0) is 77.7 Å². The van der Waals surface area contributed by atoms with Crippen molar-refractivity contribution in [2.24, 2.45) is 0 Å². The molecule has 0 radical (unpaired) electrons. The molecule has 0 bridgehead atoms. The Morgan fingerprint density at radius 1 is 0.944 bits per heavy atom. The van der Waals surface area contributed by atoms with Gasteiger partial charge in [0.1, 0.15) is 11.8 Å². The van der Waals surface area contributed by atoms with Gasteiger partial charge in [-0.2, -0.15) is 0 Å². The fraction of sp³-hybridized carbons (Fsp3) is 0.333. The molecule has 0 saturated heterocycles. The summed E-state index contributed by atoms with van der Waals surface area (Å²) < 4.78 is 6.94. The first-order valence-corrected chi connectivity index (χ1v) is 13.6. The molecule has 3 aromatic carbocycles. The molecule has 1 saturated carbocycles. The number of amides is 2. The summed E-state index contributed by atoms with van der Waals surface area (Å²) in [6, 6.07) is 25.1. The molecule has 0 aliphatic heterocycles. The van der Waals surface area contributed by atoms with Crippen LogP contribution >= 0.6 is 22.6 Å². The van der Waals surface area contributed by atoms with E-state index in [-0.39, 0.29) is 24.5 Å². The van der Waals surface area contributed by atoms with Crippen LogP contribution in [0.3, 0.4) is 0 Å². The lowest BCUT2D eigenvalue weighted by atomic mass is 10.0. The summed E-state index contributed by atoms with van der Waals surface area (Å²) in [5.41, 5.74) is 3.15. The summed E-state index contributed by atoms with van der Waals surface area (Å²) in [7, 11) is 0. The zero-order valence-electron chi connectivity index (χ0n) is 20.7. The highest BCUT2D eigenvalue weighted by Crippen LogP contribution is 2.21. The van der Waals surface area contributed by atoms with Crippen LogP contribution in [0.25, 0.3) is 0 Å². The van der Waals surface area contributed by atoms with E-state index in [0.29, 0.717) is 18.7 Å². The molecule has 3 aromatic rings. The lowest BCUT2D eigenvalue weighted by Gasteiger charge is -2.32. The maximum absolute atomic E-state index is 13.7. The van der Waals surface area contributed by atoms with Gasteiger partial charge in [-0.15, -0.1) is 0 Å². The minimum absolute atomic E-state index is 0.0968. The molecule has 2 amide bonds. The number of hydrogen-bond acceptors (Lipinski definition) is 3. The van der Waals surface area contributed by atoms with Gasteiger partial charge in [0.15, 0.2) is 6.61 Å². The Morgan fingerprint density at radius 2 is 1.61 bits per heavy atom. The Balaban J connectivity index is 1.59. The fourth-order valence-corrected chi connectivity index (χ4v) is 4.93. The highest BCUT2D eigenvalue weighted by molar-refractivity contribution is 14.1. The van der Waals surface area contributed by atoms with Gasteiger partial charge in [-0.25, -0.2) is 0 Å². The normalized spacial score (nSPS) is 14.3. The Labute approximate surface area is 227 Å². The number of ether oxygens (including phenoxy) is 1. The van der Waals surface area contributed by atoms with Crippen LogP contribution in [0, 0.1) is 10.5 Å². The van der Waals surface area contributed by atoms with Crippen molar-refractivity contribution in [1.29, 1.82) is 0 Å². The molecule has 36 heavy (non-hydrogen) atoms. The Morgan fingerprint density at radius 3 is 2.28 bits per heavy atom. The molecule has 5 nitrogen and oxygen atoms in total. The van der Waals surface area contributed by atoms with Gasteiger partial charge < -0.3 is 15.0 Å². The topological polar surface area (TPSA) is 58.6 Å². The number of carbonyl (C=O) groups excluding carboxylic acids is 2. The first-order chi connectivity index (χ1) is 17.5. The summed E-state index contributed by atoms with van der Waals surface area (Å²) in [4.78, 5) is 29.0. The van der Waals surface area contributed by atoms with E-state index in [9.17, 15) is 9.59 Å². The average molecular weight is 597 g/mol. The van der Waals surface area contributed by atoms with Crippen LogP contribution in [0.1, 0.15) is 42.4 Å². The largest absolute Gasteiger partial charge is 0.484 e. The number of carbonyl (C=O) groups is 2. The van der Waals surface area contributed by atoms with Gasteiger partial charge in [0.05, 0.1) is 0 Å². The highest BCUT2D eigenvalue weighted by atomic mass is 127. The van der Waals surface area contributed by atoms with E-state index >= 15 is 0 Å². The average Bonchev–Trinajstić information content (AvgIpc) is 3.40. The molecular formula is C30H33IN2O3. The fourth-order valence-electron chi connectivity index (χ4n) is 4.57. The molecule has 1 fully saturated rings. The minimum atomic E-state index is -0.637. The standard InChI is InChI=1S/C30H33IN2O3/c1-22-11-13-24(14-12-22)20-33(29(34)21-36-27-17-15-25(31)16-18-27)28(19-23-7-3-2-4-8-23)30(35)32-26-9-5-6-10-26/h2-4,7-8,11-18,26,28H,5-6,9-10,19-21H2,1H3,(H,32,35)/t28-/m1/s1. The summed E-state index contributed by atoms with van der Waals surface area (Å²) in [6.07, 6.45) is 4.69. The van der Waals surface area contributed by atoms with Crippen molar-refractivity contribution < 1.29 is 14.3 Å². The summed E-state index contributed by atoms with van der Waals surface area (Å²) in [6.45, 7) is 2.24. The van der Waals surface area contributed by atoms with Crippen LogP contribution in [0.4, 0.5) is 0 Å². The molecule has 4 rings (SSSR count). The van der Waals surface area contributed by atoms with Gasteiger partial charge in [-0.1, -0.05) is 73.0 Å². The van der Waals surface area contributed by atoms with Crippen LogP contribution in [0.15, 0.2) is 78.9 Å². The second-order valence-electron chi connectivity index (χ2n) is 9.45. The van der Waals surface area contributed by atoms with Crippen molar-refractivity contribution in [3.63, 3.8) is 0 Å². The predicted octanol–water partition coefficient (Wildman–Crippen LogP) is 5.68. The highest BCUT2D eigenvalue weighted by Gasteiger charge is 2.32. The lowest BCUT2D eigenvalue weighted by molar-refractivity contribution is -0.143. The molecule has 0 aromatic heterocycles. The predicted molar refractivity (Wildman–Crippen MR) is 151 cm³/mol. The summed E-state index contributed by atoms with van der Waals surface area (Å²) in [5.74, 6) is 0.325. The first kappa shape index (κ1) is 26.2. The molecule has 1 aliphatic rings. The molecule has 188 valence electrons.